The van der Waals surface area contributed by atoms with Crippen molar-refractivity contribution in [3.63, 3.8) is 0 Å². The molecule has 1 saturated heterocycles. The minimum Gasteiger partial charge on any atom is -0.341 e. The number of nitrogens with two attached hydrogens (primary N) is 1. The number of carbonyl (C=O) groups excluding carboxylic acids is 1. The third-order valence-corrected chi connectivity index (χ3v) is 3.54. The Kier molecular flexibility index (Phi) is 4.34. The molecular formula is C13H21N5O. The number of nitrogen functional groups attached to an aromatic ring is 1. The van der Waals surface area contributed by atoms with E-state index < -0.39 is 0 Å². The van der Waals surface area contributed by atoms with Crippen LogP contribution in [0.5, 0.6) is 0 Å². The maximum atomic E-state index is 12.4. The van der Waals surface area contributed by atoms with Gasteiger partial charge in [0.1, 0.15) is 0 Å². The lowest BCUT2D eigenvalue weighted by atomic mass is 10.1. The van der Waals surface area contributed by atoms with Crippen molar-refractivity contribution >= 4 is 11.7 Å². The van der Waals surface area contributed by atoms with Crippen LogP contribution < -0.4 is 11.3 Å². The third kappa shape index (κ3) is 3.21. The molecule has 1 aliphatic heterocycles. The van der Waals surface area contributed by atoms with Gasteiger partial charge < -0.3 is 15.2 Å². The van der Waals surface area contributed by atoms with Crippen molar-refractivity contribution in [2.75, 3.05) is 39.2 Å². The quantitative estimate of drug-likeness (QED) is 0.607. The Bertz CT molecular complexity index is 450. The molecule has 1 unspecified atom stereocenters. The van der Waals surface area contributed by atoms with E-state index in [4.69, 9.17) is 5.84 Å². The second-order valence-corrected chi connectivity index (χ2v) is 5.15. The number of carbonyl (C=O) groups is 1. The van der Waals surface area contributed by atoms with Crippen molar-refractivity contribution in [1.82, 2.24) is 14.8 Å². The van der Waals surface area contributed by atoms with Crippen molar-refractivity contribution in [2.45, 2.75) is 6.42 Å². The number of hydrogen-bond acceptors (Lipinski definition) is 5. The Morgan fingerprint density at radius 3 is 3.11 bits per heavy atom. The molecule has 0 bridgehead atoms. The molecule has 1 atom stereocenters. The van der Waals surface area contributed by atoms with E-state index in [9.17, 15) is 4.79 Å². The second-order valence-electron chi connectivity index (χ2n) is 5.15. The van der Waals surface area contributed by atoms with Crippen LogP contribution in [0.1, 0.15) is 16.8 Å². The van der Waals surface area contributed by atoms with E-state index in [0.717, 1.165) is 26.1 Å². The van der Waals surface area contributed by atoms with Crippen LogP contribution in [0.25, 0.3) is 0 Å². The topological polar surface area (TPSA) is 74.5 Å². The van der Waals surface area contributed by atoms with Crippen molar-refractivity contribution in [1.29, 1.82) is 0 Å². The molecule has 1 amide bonds. The zero-order valence-corrected chi connectivity index (χ0v) is 11.5. The molecule has 0 spiro atoms. The van der Waals surface area contributed by atoms with Gasteiger partial charge >= 0.3 is 0 Å². The summed E-state index contributed by atoms with van der Waals surface area (Å²) >= 11 is 0. The van der Waals surface area contributed by atoms with Crippen molar-refractivity contribution in [3.05, 3.63) is 23.9 Å². The molecule has 1 aromatic heterocycles. The van der Waals surface area contributed by atoms with Crippen molar-refractivity contribution in [3.8, 4) is 0 Å². The van der Waals surface area contributed by atoms with E-state index in [2.05, 4.69) is 22.4 Å². The number of pyridine rings is 1. The molecule has 1 fully saturated rings. The first-order valence-corrected chi connectivity index (χ1v) is 6.47. The predicted molar refractivity (Wildman–Crippen MR) is 74.6 cm³/mol. The molecule has 2 heterocycles. The van der Waals surface area contributed by atoms with E-state index in [1.54, 1.807) is 23.2 Å². The van der Waals surface area contributed by atoms with Gasteiger partial charge in [-0.05, 0) is 38.1 Å². The molecule has 19 heavy (non-hydrogen) atoms. The molecule has 0 aromatic carbocycles. The summed E-state index contributed by atoms with van der Waals surface area (Å²) < 4.78 is 0. The standard InChI is InChI=1S/C13H21N5O/c1-17-7-5-10(8-17)9-18(2)13(19)11-4-3-6-15-12(11)16-14/h3-4,6,10H,5,7-9,14H2,1-2H3,(H,15,16). The summed E-state index contributed by atoms with van der Waals surface area (Å²) in [5.74, 6) is 6.30. The number of likely N-dealkylation sites (tertiary alicyclic amines) is 1. The minimum atomic E-state index is -0.0457. The highest BCUT2D eigenvalue weighted by molar-refractivity contribution is 5.98. The van der Waals surface area contributed by atoms with Crippen LogP contribution in [-0.4, -0.2) is 54.4 Å². The summed E-state index contributed by atoms with van der Waals surface area (Å²) in [4.78, 5) is 20.5. The number of amides is 1. The molecule has 1 aliphatic rings. The first-order valence-electron chi connectivity index (χ1n) is 6.47. The van der Waals surface area contributed by atoms with Crippen LogP contribution in [0.2, 0.25) is 0 Å². The molecule has 0 radical (unpaired) electrons. The van der Waals surface area contributed by atoms with Gasteiger partial charge in [0.15, 0.2) is 5.82 Å². The number of nitrogens with one attached hydrogen (secondary N) is 1. The van der Waals surface area contributed by atoms with E-state index >= 15 is 0 Å². The lowest BCUT2D eigenvalue weighted by Crippen LogP contribution is -2.33. The number of aromatic nitrogens is 1. The lowest BCUT2D eigenvalue weighted by Gasteiger charge is -2.22. The molecule has 2 rings (SSSR count). The van der Waals surface area contributed by atoms with Crippen LogP contribution in [0.15, 0.2) is 18.3 Å². The van der Waals surface area contributed by atoms with Gasteiger partial charge in [-0.15, -0.1) is 0 Å². The maximum Gasteiger partial charge on any atom is 0.257 e. The zero-order valence-electron chi connectivity index (χ0n) is 11.5. The number of hydrazine groups is 1. The average molecular weight is 263 g/mol. The minimum absolute atomic E-state index is 0.0457. The summed E-state index contributed by atoms with van der Waals surface area (Å²) in [6.45, 7) is 2.92. The van der Waals surface area contributed by atoms with Gasteiger partial charge in [0.25, 0.3) is 5.91 Å². The highest BCUT2D eigenvalue weighted by Crippen LogP contribution is 2.18. The first-order chi connectivity index (χ1) is 9.11. The monoisotopic (exact) mass is 263 g/mol. The van der Waals surface area contributed by atoms with E-state index in [-0.39, 0.29) is 5.91 Å². The number of rotatable bonds is 4. The van der Waals surface area contributed by atoms with Crippen molar-refractivity contribution < 1.29 is 4.79 Å². The average Bonchev–Trinajstić information content (AvgIpc) is 2.83. The van der Waals surface area contributed by atoms with Gasteiger partial charge in [0.2, 0.25) is 0 Å². The summed E-state index contributed by atoms with van der Waals surface area (Å²) in [6.07, 6.45) is 2.75. The molecule has 6 nitrogen and oxygen atoms in total. The number of anilines is 1. The second kappa shape index (κ2) is 5.99. The fraction of sp³-hybridized carbons (Fsp3) is 0.538. The highest BCUT2D eigenvalue weighted by atomic mass is 16.2. The summed E-state index contributed by atoms with van der Waals surface area (Å²) in [5, 5.41) is 0. The number of hydrogen-bond donors (Lipinski definition) is 2. The maximum absolute atomic E-state index is 12.4. The van der Waals surface area contributed by atoms with Gasteiger partial charge in [-0.2, -0.15) is 0 Å². The Hall–Kier alpha value is -1.66. The van der Waals surface area contributed by atoms with Gasteiger partial charge in [0.05, 0.1) is 5.56 Å². The third-order valence-electron chi connectivity index (χ3n) is 3.54. The Morgan fingerprint density at radius 2 is 2.47 bits per heavy atom. The van der Waals surface area contributed by atoms with Gasteiger partial charge in [0, 0.05) is 26.3 Å². The molecule has 104 valence electrons. The molecule has 6 heteroatoms. The normalized spacial score (nSPS) is 19.4. The van der Waals surface area contributed by atoms with Crippen LogP contribution in [-0.2, 0) is 0 Å². The highest BCUT2D eigenvalue weighted by Gasteiger charge is 2.24. The first kappa shape index (κ1) is 13.8. The van der Waals surface area contributed by atoms with Gasteiger partial charge in [-0.1, -0.05) is 0 Å². The van der Waals surface area contributed by atoms with E-state index in [0.29, 0.717) is 17.3 Å². The van der Waals surface area contributed by atoms with Crippen LogP contribution in [0.3, 0.4) is 0 Å². The van der Waals surface area contributed by atoms with Crippen LogP contribution in [0.4, 0.5) is 5.82 Å². The molecule has 3 N–H and O–H groups in total. The fourth-order valence-corrected chi connectivity index (χ4v) is 2.54. The SMILES string of the molecule is CN1CCC(CN(C)C(=O)c2cccnc2NN)C1. The fourth-order valence-electron chi connectivity index (χ4n) is 2.54. The van der Waals surface area contributed by atoms with Gasteiger partial charge in [-0.3, -0.25) is 4.79 Å². The Morgan fingerprint density at radius 1 is 1.68 bits per heavy atom. The Labute approximate surface area is 113 Å². The lowest BCUT2D eigenvalue weighted by molar-refractivity contribution is 0.0774. The van der Waals surface area contributed by atoms with Crippen LogP contribution >= 0.6 is 0 Å². The molecule has 0 saturated carbocycles. The Balaban J connectivity index is 2.02. The van der Waals surface area contributed by atoms with Crippen molar-refractivity contribution in [2.24, 2.45) is 11.8 Å². The molecule has 0 aliphatic carbocycles. The largest absolute Gasteiger partial charge is 0.341 e. The molecular weight excluding hydrogens is 242 g/mol. The summed E-state index contributed by atoms with van der Waals surface area (Å²) in [7, 11) is 3.94. The smallest absolute Gasteiger partial charge is 0.257 e. The summed E-state index contributed by atoms with van der Waals surface area (Å²) in [5.41, 5.74) is 2.98. The van der Waals surface area contributed by atoms with Gasteiger partial charge in [-0.25, -0.2) is 10.8 Å². The van der Waals surface area contributed by atoms with E-state index in [1.807, 2.05) is 7.05 Å². The van der Waals surface area contributed by atoms with E-state index in [1.165, 1.54) is 0 Å². The molecule has 1 aromatic rings. The predicted octanol–water partition coefficient (Wildman–Crippen LogP) is 0.391. The van der Waals surface area contributed by atoms with Crippen LogP contribution in [0, 0.1) is 5.92 Å². The summed E-state index contributed by atoms with van der Waals surface area (Å²) in [6, 6.07) is 3.48. The zero-order chi connectivity index (χ0) is 13.8. The number of nitrogens with zero attached hydrogens (tertiary/aromatic N) is 3.